The SMILES string of the molecule is CC1CCC(C)N(CCC(=O)Nc2cccc(CN)c2)C1. The summed E-state index contributed by atoms with van der Waals surface area (Å²) < 4.78 is 0. The molecule has 2 atom stereocenters. The Morgan fingerprint density at radius 3 is 2.95 bits per heavy atom. The van der Waals surface area contributed by atoms with Crippen LogP contribution >= 0.6 is 0 Å². The van der Waals surface area contributed by atoms with Crippen LogP contribution in [0.1, 0.15) is 38.7 Å². The summed E-state index contributed by atoms with van der Waals surface area (Å²) in [6.45, 7) is 6.99. The zero-order valence-electron chi connectivity index (χ0n) is 13.1. The van der Waals surface area contributed by atoms with Crippen molar-refractivity contribution in [1.29, 1.82) is 0 Å². The second-order valence-corrected chi connectivity index (χ2v) is 6.23. The van der Waals surface area contributed by atoms with Gasteiger partial charge in [0.2, 0.25) is 5.91 Å². The standard InChI is InChI=1S/C17H27N3O/c1-13-6-7-14(2)20(12-13)9-8-17(21)19-16-5-3-4-15(10-16)11-18/h3-5,10,13-14H,6-9,11-12,18H2,1-2H3,(H,19,21). The highest BCUT2D eigenvalue weighted by Gasteiger charge is 2.22. The lowest BCUT2D eigenvalue weighted by Gasteiger charge is -2.36. The molecule has 1 fully saturated rings. The molecule has 2 rings (SSSR count). The molecule has 1 aromatic rings. The van der Waals surface area contributed by atoms with Crippen molar-refractivity contribution in [3.63, 3.8) is 0 Å². The monoisotopic (exact) mass is 289 g/mol. The Kier molecular flexibility index (Phi) is 5.76. The molecule has 0 aromatic heterocycles. The minimum absolute atomic E-state index is 0.0783. The first-order valence-electron chi connectivity index (χ1n) is 7.91. The van der Waals surface area contributed by atoms with Gasteiger partial charge in [0.05, 0.1) is 0 Å². The number of nitrogens with zero attached hydrogens (tertiary/aromatic N) is 1. The predicted molar refractivity (Wildman–Crippen MR) is 87.0 cm³/mol. The second kappa shape index (κ2) is 7.57. The second-order valence-electron chi connectivity index (χ2n) is 6.23. The summed E-state index contributed by atoms with van der Waals surface area (Å²) in [6.07, 6.45) is 3.08. The van der Waals surface area contributed by atoms with Crippen LogP contribution in [-0.2, 0) is 11.3 Å². The average molecular weight is 289 g/mol. The highest BCUT2D eigenvalue weighted by molar-refractivity contribution is 5.90. The fraction of sp³-hybridized carbons (Fsp3) is 0.588. The average Bonchev–Trinajstić information content (AvgIpc) is 2.48. The number of benzene rings is 1. The Morgan fingerprint density at radius 2 is 2.19 bits per heavy atom. The smallest absolute Gasteiger partial charge is 0.225 e. The van der Waals surface area contributed by atoms with E-state index in [9.17, 15) is 4.79 Å². The Balaban J connectivity index is 1.81. The van der Waals surface area contributed by atoms with Crippen molar-refractivity contribution in [2.24, 2.45) is 11.7 Å². The number of rotatable bonds is 5. The van der Waals surface area contributed by atoms with Gasteiger partial charge in [-0.05, 0) is 43.4 Å². The lowest BCUT2D eigenvalue weighted by atomic mass is 9.95. The molecule has 1 heterocycles. The molecule has 1 aliphatic rings. The fourth-order valence-electron chi connectivity index (χ4n) is 2.94. The minimum atomic E-state index is 0.0783. The van der Waals surface area contributed by atoms with E-state index in [1.54, 1.807) is 0 Å². The first kappa shape index (κ1) is 16.0. The maximum Gasteiger partial charge on any atom is 0.225 e. The topological polar surface area (TPSA) is 58.4 Å². The summed E-state index contributed by atoms with van der Waals surface area (Å²) in [5.41, 5.74) is 7.48. The Labute approximate surface area is 127 Å². The van der Waals surface area contributed by atoms with Crippen LogP contribution in [0.5, 0.6) is 0 Å². The number of piperidine rings is 1. The van der Waals surface area contributed by atoms with E-state index in [1.807, 2.05) is 24.3 Å². The summed E-state index contributed by atoms with van der Waals surface area (Å²) in [4.78, 5) is 14.5. The van der Waals surface area contributed by atoms with Crippen LogP contribution in [0.15, 0.2) is 24.3 Å². The van der Waals surface area contributed by atoms with Gasteiger partial charge in [0, 0.05) is 37.8 Å². The van der Waals surface area contributed by atoms with Gasteiger partial charge in [-0.15, -0.1) is 0 Å². The van der Waals surface area contributed by atoms with Gasteiger partial charge in [-0.25, -0.2) is 0 Å². The number of carbonyl (C=O) groups is 1. The van der Waals surface area contributed by atoms with Crippen molar-refractivity contribution >= 4 is 11.6 Å². The number of nitrogens with one attached hydrogen (secondary N) is 1. The number of carbonyl (C=O) groups excluding carboxylic acids is 1. The van der Waals surface area contributed by atoms with Gasteiger partial charge in [0.25, 0.3) is 0 Å². The molecule has 2 unspecified atom stereocenters. The molecule has 0 radical (unpaired) electrons. The van der Waals surface area contributed by atoms with Crippen LogP contribution < -0.4 is 11.1 Å². The molecule has 1 aliphatic heterocycles. The van der Waals surface area contributed by atoms with Crippen molar-refractivity contribution in [1.82, 2.24) is 4.90 Å². The van der Waals surface area contributed by atoms with Crippen LogP contribution in [0, 0.1) is 5.92 Å². The van der Waals surface area contributed by atoms with Crippen LogP contribution in [0.4, 0.5) is 5.69 Å². The van der Waals surface area contributed by atoms with E-state index < -0.39 is 0 Å². The number of hydrogen-bond acceptors (Lipinski definition) is 3. The lowest BCUT2D eigenvalue weighted by Crippen LogP contribution is -2.42. The van der Waals surface area contributed by atoms with Gasteiger partial charge in [-0.1, -0.05) is 19.1 Å². The van der Waals surface area contributed by atoms with E-state index in [1.165, 1.54) is 12.8 Å². The fourth-order valence-corrected chi connectivity index (χ4v) is 2.94. The Hall–Kier alpha value is -1.39. The lowest BCUT2D eigenvalue weighted by molar-refractivity contribution is -0.116. The van der Waals surface area contributed by atoms with Gasteiger partial charge in [-0.3, -0.25) is 9.69 Å². The van der Waals surface area contributed by atoms with E-state index in [-0.39, 0.29) is 5.91 Å². The number of anilines is 1. The summed E-state index contributed by atoms with van der Waals surface area (Å²) in [5.74, 6) is 0.820. The molecule has 0 saturated carbocycles. The minimum Gasteiger partial charge on any atom is -0.326 e. The zero-order chi connectivity index (χ0) is 15.2. The van der Waals surface area contributed by atoms with E-state index in [0.717, 1.165) is 30.3 Å². The third-order valence-electron chi connectivity index (χ3n) is 4.32. The van der Waals surface area contributed by atoms with Crippen LogP contribution in [-0.4, -0.2) is 29.9 Å². The van der Waals surface area contributed by atoms with Crippen molar-refractivity contribution in [2.45, 2.75) is 45.7 Å². The molecule has 1 aromatic carbocycles. The van der Waals surface area contributed by atoms with Crippen molar-refractivity contribution in [2.75, 3.05) is 18.4 Å². The third-order valence-corrected chi connectivity index (χ3v) is 4.32. The molecule has 21 heavy (non-hydrogen) atoms. The Bertz CT molecular complexity index is 475. The van der Waals surface area contributed by atoms with E-state index in [2.05, 4.69) is 24.1 Å². The van der Waals surface area contributed by atoms with Crippen molar-refractivity contribution in [3.05, 3.63) is 29.8 Å². The van der Waals surface area contributed by atoms with Gasteiger partial charge in [0.1, 0.15) is 0 Å². The van der Waals surface area contributed by atoms with E-state index in [0.29, 0.717) is 19.0 Å². The summed E-state index contributed by atoms with van der Waals surface area (Å²) in [5, 5.41) is 2.96. The van der Waals surface area contributed by atoms with Gasteiger partial charge in [-0.2, -0.15) is 0 Å². The van der Waals surface area contributed by atoms with Gasteiger partial charge >= 0.3 is 0 Å². The molecule has 116 valence electrons. The van der Waals surface area contributed by atoms with Crippen molar-refractivity contribution < 1.29 is 4.79 Å². The maximum absolute atomic E-state index is 12.1. The summed E-state index contributed by atoms with van der Waals surface area (Å²) in [6, 6.07) is 8.32. The first-order chi connectivity index (χ1) is 10.1. The van der Waals surface area contributed by atoms with E-state index in [4.69, 9.17) is 5.73 Å². The summed E-state index contributed by atoms with van der Waals surface area (Å²) >= 11 is 0. The van der Waals surface area contributed by atoms with Crippen LogP contribution in [0.3, 0.4) is 0 Å². The molecule has 1 saturated heterocycles. The van der Waals surface area contributed by atoms with E-state index >= 15 is 0 Å². The number of amides is 1. The Morgan fingerprint density at radius 1 is 1.38 bits per heavy atom. The number of hydrogen-bond donors (Lipinski definition) is 2. The molecule has 0 spiro atoms. The largest absolute Gasteiger partial charge is 0.326 e. The molecular formula is C17H27N3O. The molecule has 4 nitrogen and oxygen atoms in total. The molecule has 0 bridgehead atoms. The number of nitrogens with two attached hydrogens (primary N) is 1. The number of likely N-dealkylation sites (tertiary alicyclic amines) is 1. The van der Waals surface area contributed by atoms with Crippen molar-refractivity contribution in [3.8, 4) is 0 Å². The molecule has 4 heteroatoms. The zero-order valence-corrected chi connectivity index (χ0v) is 13.1. The van der Waals surface area contributed by atoms with Crippen LogP contribution in [0.25, 0.3) is 0 Å². The highest BCUT2D eigenvalue weighted by atomic mass is 16.1. The molecule has 1 amide bonds. The van der Waals surface area contributed by atoms with Gasteiger partial charge in [0.15, 0.2) is 0 Å². The third kappa shape index (κ3) is 4.83. The maximum atomic E-state index is 12.1. The predicted octanol–water partition coefficient (Wildman–Crippen LogP) is 2.59. The summed E-state index contributed by atoms with van der Waals surface area (Å²) in [7, 11) is 0. The molecular weight excluding hydrogens is 262 g/mol. The molecule has 0 aliphatic carbocycles. The highest BCUT2D eigenvalue weighted by Crippen LogP contribution is 2.21. The van der Waals surface area contributed by atoms with Crippen LogP contribution in [0.2, 0.25) is 0 Å². The van der Waals surface area contributed by atoms with Gasteiger partial charge < -0.3 is 11.1 Å². The molecule has 3 N–H and O–H groups in total. The quantitative estimate of drug-likeness (QED) is 0.876. The first-order valence-corrected chi connectivity index (χ1v) is 7.91. The normalized spacial score (nSPS) is 23.0.